The van der Waals surface area contributed by atoms with Crippen LogP contribution in [0.3, 0.4) is 0 Å². The summed E-state index contributed by atoms with van der Waals surface area (Å²) in [6.07, 6.45) is 4.20. The summed E-state index contributed by atoms with van der Waals surface area (Å²) in [6, 6.07) is 0. The van der Waals surface area contributed by atoms with Crippen LogP contribution in [0.25, 0.3) is 0 Å². The molecule has 0 radical (unpaired) electrons. The summed E-state index contributed by atoms with van der Waals surface area (Å²) in [6.45, 7) is 6.71. The lowest BCUT2D eigenvalue weighted by molar-refractivity contribution is -0.143. The number of carbonyl (C=O) groups is 1. The fourth-order valence-electron chi connectivity index (χ4n) is 1.62. The van der Waals surface area contributed by atoms with Gasteiger partial charge in [0.15, 0.2) is 0 Å². The van der Waals surface area contributed by atoms with Crippen LogP contribution in [0.1, 0.15) is 26.1 Å². The predicted molar refractivity (Wildman–Crippen MR) is 65.5 cm³/mol. The Kier molecular flexibility index (Phi) is 5.69. The lowest BCUT2D eigenvalue weighted by Crippen LogP contribution is -2.24. The third-order valence-corrected chi connectivity index (χ3v) is 2.56. The zero-order valence-corrected chi connectivity index (χ0v) is 10.8. The molecule has 5 nitrogen and oxygen atoms in total. The zero-order valence-electron chi connectivity index (χ0n) is 10.8. The summed E-state index contributed by atoms with van der Waals surface area (Å²) >= 11 is 0. The average Bonchev–Trinajstić information content (AvgIpc) is 2.74. The molecule has 5 heteroatoms. The van der Waals surface area contributed by atoms with Gasteiger partial charge in [0.05, 0.1) is 19.6 Å². The molecule has 0 amide bonds. The van der Waals surface area contributed by atoms with Crippen LogP contribution in [0, 0.1) is 0 Å². The highest BCUT2D eigenvalue weighted by Gasteiger charge is 2.08. The van der Waals surface area contributed by atoms with Crippen molar-refractivity contribution in [2.45, 2.75) is 33.4 Å². The van der Waals surface area contributed by atoms with Gasteiger partial charge in [0.2, 0.25) is 0 Å². The summed E-state index contributed by atoms with van der Waals surface area (Å²) in [7, 11) is 1.98. The van der Waals surface area contributed by atoms with Gasteiger partial charge in [-0.1, -0.05) is 0 Å². The van der Waals surface area contributed by atoms with E-state index in [9.17, 15) is 4.79 Å². The van der Waals surface area contributed by atoms with Gasteiger partial charge < -0.3 is 9.30 Å². The maximum atomic E-state index is 11.2. The summed E-state index contributed by atoms with van der Waals surface area (Å²) in [4.78, 5) is 17.6. The van der Waals surface area contributed by atoms with Crippen LogP contribution in [0.15, 0.2) is 12.4 Å². The van der Waals surface area contributed by atoms with Gasteiger partial charge in [-0.05, 0) is 20.9 Å². The molecule has 0 bridgehead atoms. The lowest BCUT2D eigenvalue weighted by Gasteiger charge is -2.16. The number of ether oxygens (including phenoxy) is 1. The lowest BCUT2D eigenvalue weighted by atomic mass is 10.4. The molecular weight excluding hydrogens is 218 g/mol. The fraction of sp³-hybridized carbons (Fsp3) is 0.667. The first-order valence-electron chi connectivity index (χ1n) is 6.01. The van der Waals surface area contributed by atoms with E-state index in [4.69, 9.17) is 4.74 Å². The third-order valence-electron chi connectivity index (χ3n) is 2.56. The van der Waals surface area contributed by atoms with Crippen LogP contribution in [0.5, 0.6) is 0 Å². The molecule has 17 heavy (non-hydrogen) atoms. The van der Waals surface area contributed by atoms with E-state index in [1.807, 2.05) is 20.2 Å². The van der Waals surface area contributed by atoms with Crippen LogP contribution in [0.4, 0.5) is 0 Å². The van der Waals surface area contributed by atoms with Gasteiger partial charge in [-0.3, -0.25) is 9.69 Å². The van der Waals surface area contributed by atoms with E-state index < -0.39 is 0 Å². The van der Waals surface area contributed by atoms with E-state index in [-0.39, 0.29) is 5.97 Å². The first-order valence-corrected chi connectivity index (χ1v) is 6.01. The van der Waals surface area contributed by atoms with Crippen molar-refractivity contribution < 1.29 is 9.53 Å². The van der Waals surface area contributed by atoms with Gasteiger partial charge in [-0.25, -0.2) is 4.98 Å². The highest BCUT2D eigenvalue weighted by Crippen LogP contribution is 2.02. The molecule has 0 N–H and O–H groups in total. The predicted octanol–water partition coefficient (Wildman–Crippen LogP) is 1.29. The van der Waals surface area contributed by atoms with Gasteiger partial charge in [-0.2, -0.15) is 0 Å². The Hall–Kier alpha value is -1.36. The molecule has 0 atom stereocenters. The molecule has 1 rings (SSSR count). The normalized spacial score (nSPS) is 10.8. The summed E-state index contributed by atoms with van der Waals surface area (Å²) in [5, 5.41) is 0. The molecule has 0 aliphatic rings. The van der Waals surface area contributed by atoms with Crippen molar-refractivity contribution in [1.82, 2.24) is 14.5 Å². The minimum absolute atomic E-state index is 0.141. The summed E-state index contributed by atoms with van der Waals surface area (Å²) in [5.74, 6) is 0.886. The second kappa shape index (κ2) is 7.06. The van der Waals surface area contributed by atoms with E-state index in [2.05, 4.69) is 21.4 Å². The van der Waals surface area contributed by atoms with Crippen LogP contribution in [0.2, 0.25) is 0 Å². The Morgan fingerprint density at radius 1 is 1.53 bits per heavy atom. The Labute approximate surface area is 102 Å². The molecule has 0 fully saturated rings. The second-order valence-corrected chi connectivity index (χ2v) is 3.92. The molecule has 96 valence electrons. The highest BCUT2D eigenvalue weighted by atomic mass is 16.5. The third kappa shape index (κ3) is 4.56. The Balaban J connectivity index is 2.34. The zero-order chi connectivity index (χ0) is 12.7. The second-order valence-electron chi connectivity index (χ2n) is 3.92. The van der Waals surface area contributed by atoms with Crippen molar-refractivity contribution in [2.75, 3.05) is 20.2 Å². The Morgan fingerprint density at radius 3 is 2.94 bits per heavy atom. The number of carbonyl (C=O) groups excluding carboxylic acids is 1. The Morgan fingerprint density at radius 2 is 2.29 bits per heavy atom. The smallest absolute Gasteiger partial charge is 0.307 e. The monoisotopic (exact) mass is 239 g/mol. The standard InChI is InChI=1S/C12H21N3O2/c1-4-15-9-7-13-11(15)10-14(3)8-6-12(16)17-5-2/h7,9H,4-6,8,10H2,1-3H3. The Bertz CT molecular complexity index is 349. The van der Waals surface area contributed by atoms with E-state index in [0.717, 1.165) is 18.9 Å². The molecular formula is C12H21N3O2. The van der Waals surface area contributed by atoms with E-state index in [1.165, 1.54) is 0 Å². The van der Waals surface area contributed by atoms with Crippen molar-refractivity contribution >= 4 is 5.97 Å². The number of imidazole rings is 1. The minimum Gasteiger partial charge on any atom is -0.466 e. The van der Waals surface area contributed by atoms with Crippen LogP contribution in [-0.4, -0.2) is 40.6 Å². The van der Waals surface area contributed by atoms with Gasteiger partial charge in [0.1, 0.15) is 5.82 Å². The maximum Gasteiger partial charge on any atom is 0.307 e. The number of hydrogen-bond acceptors (Lipinski definition) is 4. The number of aryl methyl sites for hydroxylation is 1. The van der Waals surface area contributed by atoms with Crippen molar-refractivity contribution in [2.24, 2.45) is 0 Å². The number of esters is 1. The van der Waals surface area contributed by atoms with Gasteiger partial charge in [-0.15, -0.1) is 0 Å². The van der Waals surface area contributed by atoms with E-state index in [0.29, 0.717) is 19.6 Å². The molecule has 1 aromatic heterocycles. The number of rotatable bonds is 7. The van der Waals surface area contributed by atoms with Gasteiger partial charge in [0, 0.05) is 25.5 Å². The summed E-state index contributed by atoms with van der Waals surface area (Å²) < 4.78 is 6.98. The van der Waals surface area contributed by atoms with Crippen molar-refractivity contribution in [3.05, 3.63) is 18.2 Å². The van der Waals surface area contributed by atoms with E-state index >= 15 is 0 Å². The molecule has 0 aliphatic carbocycles. The molecule has 0 unspecified atom stereocenters. The topological polar surface area (TPSA) is 47.4 Å². The SMILES string of the molecule is CCOC(=O)CCN(C)Cc1nccn1CC. The highest BCUT2D eigenvalue weighted by molar-refractivity contribution is 5.69. The first kappa shape index (κ1) is 13.7. The van der Waals surface area contributed by atoms with Gasteiger partial charge in [0.25, 0.3) is 0 Å². The van der Waals surface area contributed by atoms with Crippen molar-refractivity contribution in [3.8, 4) is 0 Å². The van der Waals surface area contributed by atoms with Crippen molar-refractivity contribution in [1.29, 1.82) is 0 Å². The van der Waals surface area contributed by atoms with Gasteiger partial charge >= 0.3 is 5.97 Å². The fourth-order valence-corrected chi connectivity index (χ4v) is 1.62. The molecule has 0 spiro atoms. The number of hydrogen-bond donors (Lipinski definition) is 0. The molecule has 0 saturated heterocycles. The summed E-state index contributed by atoms with van der Waals surface area (Å²) in [5.41, 5.74) is 0. The molecule has 1 heterocycles. The largest absolute Gasteiger partial charge is 0.466 e. The van der Waals surface area contributed by atoms with Crippen LogP contribution >= 0.6 is 0 Å². The van der Waals surface area contributed by atoms with Crippen LogP contribution in [-0.2, 0) is 22.6 Å². The molecule has 0 aliphatic heterocycles. The average molecular weight is 239 g/mol. The first-order chi connectivity index (χ1) is 8.17. The van der Waals surface area contributed by atoms with Crippen molar-refractivity contribution in [3.63, 3.8) is 0 Å². The molecule has 0 aromatic carbocycles. The molecule has 1 aromatic rings. The maximum absolute atomic E-state index is 11.2. The van der Waals surface area contributed by atoms with Crippen LogP contribution < -0.4 is 0 Å². The quantitative estimate of drug-likeness (QED) is 0.673. The number of aromatic nitrogens is 2. The number of nitrogens with zero attached hydrogens (tertiary/aromatic N) is 3. The molecule has 0 saturated carbocycles. The van der Waals surface area contributed by atoms with E-state index in [1.54, 1.807) is 6.20 Å². The minimum atomic E-state index is -0.141.